The number of methoxy groups -OCH3 is 1. The summed E-state index contributed by atoms with van der Waals surface area (Å²) >= 11 is 1.52. The van der Waals surface area contributed by atoms with Crippen molar-refractivity contribution < 1.29 is 22.7 Å². The lowest BCUT2D eigenvalue weighted by Crippen LogP contribution is -2.36. The summed E-state index contributed by atoms with van der Waals surface area (Å²) in [5, 5.41) is 0. The van der Waals surface area contributed by atoms with Gasteiger partial charge in [-0.15, -0.1) is 0 Å². The van der Waals surface area contributed by atoms with Gasteiger partial charge in [0.1, 0.15) is 5.75 Å². The summed E-state index contributed by atoms with van der Waals surface area (Å²) in [4.78, 5) is 18.9. The van der Waals surface area contributed by atoms with Gasteiger partial charge >= 0.3 is 5.97 Å². The van der Waals surface area contributed by atoms with E-state index in [9.17, 15) is 13.2 Å². The molecule has 0 bridgehead atoms. The number of nitrogens with zero attached hydrogens (tertiary/aromatic N) is 2. The van der Waals surface area contributed by atoms with E-state index < -0.39 is 9.84 Å². The van der Waals surface area contributed by atoms with Crippen molar-refractivity contribution in [2.24, 2.45) is 5.92 Å². The third kappa shape index (κ3) is 8.17. The molecule has 0 spiro atoms. The molecule has 0 N–H and O–H groups in total. The molecule has 7 nitrogen and oxygen atoms in total. The maximum atomic E-state index is 12.6. The predicted octanol–water partition coefficient (Wildman–Crippen LogP) is 6.71. The molecule has 2 aromatic rings. The van der Waals surface area contributed by atoms with Gasteiger partial charge in [0.2, 0.25) is 0 Å². The van der Waals surface area contributed by atoms with Crippen molar-refractivity contribution in [3.8, 4) is 5.75 Å². The second-order valence-electron chi connectivity index (χ2n) is 10.9. The molecule has 0 radical (unpaired) electrons. The molecule has 0 saturated carbocycles. The molecule has 2 aliphatic heterocycles. The average Bonchev–Trinajstić information content (AvgIpc) is 2.94. The zero-order valence-electron chi connectivity index (χ0n) is 24.2. The number of hydrogen-bond acceptors (Lipinski definition) is 8. The van der Waals surface area contributed by atoms with Crippen LogP contribution in [0.3, 0.4) is 0 Å². The quantitative estimate of drug-likeness (QED) is 0.178. The lowest BCUT2D eigenvalue weighted by atomic mass is 9.94. The Hall–Kier alpha value is -2.23. The van der Waals surface area contributed by atoms with Crippen molar-refractivity contribution in [2.45, 2.75) is 79.4 Å². The lowest BCUT2D eigenvalue weighted by Gasteiger charge is -2.35. The summed E-state index contributed by atoms with van der Waals surface area (Å²) in [6.45, 7) is 6.61. The van der Waals surface area contributed by atoms with Crippen molar-refractivity contribution in [3.63, 3.8) is 0 Å². The van der Waals surface area contributed by atoms with Crippen LogP contribution in [0.5, 0.6) is 5.75 Å². The van der Waals surface area contributed by atoms with Gasteiger partial charge in [0.15, 0.2) is 9.84 Å². The highest BCUT2D eigenvalue weighted by Crippen LogP contribution is 2.51. The number of hydrogen-bond donors (Lipinski definition) is 0. The normalized spacial score (nSPS) is 15.9. The minimum Gasteiger partial charge on any atom is -0.497 e. The number of benzene rings is 2. The fraction of sp³-hybridized carbons (Fsp3) is 0.581. The summed E-state index contributed by atoms with van der Waals surface area (Å²) in [7, 11) is -1.69. The lowest BCUT2D eigenvalue weighted by molar-refractivity contribution is -0.144. The fourth-order valence-corrected chi connectivity index (χ4v) is 8.00. The number of likely N-dealkylation sites (tertiary alicyclic amines) is 1. The average molecular weight is 589 g/mol. The van der Waals surface area contributed by atoms with Crippen LogP contribution in [0.2, 0.25) is 0 Å². The van der Waals surface area contributed by atoms with E-state index in [1.165, 1.54) is 30.9 Å². The first-order valence-corrected chi connectivity index (χ1v) is 17.4. The van der Waals surface area contributed by atoms with Gasteiger partial charge in [-0.1, -0.05) is 44.0 Å². The second kappa shape index (κ2) is 14.6. The highest BCUT2D eigenvalue weighted by Gasteiger charge is 2.29. The highest BCUT2D eigenvalue weighted by molar-refractivity contribution is 8.00. The van der Waals surface area contributed by atoms with Gasteiger partial charge in [0, 0.05) is 30.2 Å². The molecule has 2 aromatic carbocycles. The Morgan fingerprint density at radius 3 is 2.55 bits per heavy atom. The molecule has 220 valence electrons. The number of esters is 1. The van der Waals surface area contributed by atoms with Gasteiger partial charge in [-0.3, -0.25) is 4.79 Å². The molecule has 2 aliphatic rings. The first kappa shape index (κ1) is 30.7. The monoisotopic (exact) mass is 588 g/mol. The van der Waals surface area contributed by atoms with Crippen LogP contribution < -0.4 is 9.64 Å². The van der Waals surface area contributed by atoms with Crippen LogP contribution in [0, 0.1) is 5.92 Å². The molecular formula is C31H44N2O5S2. The van der Waals surface area contributed by atoms with E-state index in [0.29, 0.717) is 23.8 Å². The first-order chi connectivity index (χ1) is 19.3. The Labute approximate surface area is 244 Å². The Morgan fingerprint density at radius 2 is 1.82 bits per heavy atom. The number of sulfone groups is 1. The molecule has 9 heteroatoms. The number of piperidine rings is 1. The van der Waals surface area contributed by atoms with Gasteiger partial charge in [0.25, 0.3) is 0 Å². The molecule has 0 unspecified atom stereocenters. The molecular weight excluding hydrogens is 544 g/mol. The van der Waals surface area contributed by atoms with Crippen LogP contribution in [0.25, 0.3) is 0 Å². The number of carbonyl (C=O) groups excluding carboxylic acids is 1. The van der Waals surface area contributed by atoms with E-state index in [1.807, 2.05) is 30.3 Å². The third-order valence-corrected chi connectivity index (χ3v) is 10.4. The smallest absolute Gasteiger partial charge is 0.305 e. The number of fused-ring (bicyclic) bond motifs is 2. The summed E-state index contributed by atoms with van der Waals surface area (Å²) in [5.41, 5.74) is 1.99. The van der Waals surface area contributed by atoms with Gasteiger partial charge in [-0.25, -0.2) is 8.42 Å². The van der Waals surface area contributed by atoms with E-state index >= 15 is 0 Å². The molecule has 2 heterocycles. The Kier molecular flexibility index (Phi) is 11.2. The van der Waals surface area contributed by atoms with Crippen molar-refractivity contribution in [1.82, 2.24) is 4.90 Å². The van der Waals surface area contributed by atoms with E-state index in [2.05, 4.69) is 16.7 Å². The maximum Gasteiger partial charge on any atom is 0.305 e. The van der Waals surface area contributed by atoms with Crippen molar-refractivity contribution >= 4 is 38.9 Å². The summed E-state index contributed by atoms with van der Waals surface area (Å²) in [5.74, 6) is 1.36. The van der Waals surface area contributed by atoms with Crippen LogP contribution >= 0.6 is 11.8 Å². The number of ether oxygens (including phenoxy) is 2. The van der Waals surface area contributed by atoms with Crippen molar-refractivity contribution in [2.75, 3.05) is 51.1 Å². The first-order valence-electron chi connectivity index (χ1n) is 14.6. The Balaban J connectivity index is 1.29. The van der Waals surface area contributed by atoms with Crippen LogP contribution in [-0.2, 0) is 19.4 Å². The van der Waals surface area contributed by atoms with E-state index in [1.54, 1.807) is 13.2 Å². The van der Waals surface area contributed by atoms with E-state index in [-0.39, 0.29) is 5.97 Å². The van der Waals surface area contributed by atoms with Crippen LogP contribution in [0.4, 0.5) is 11.4 Å². The van der Waals surface area contributed by atoms with Gasteiger partial charge < -0.3 is 19.3 Å². The van der Waals surface area contributed by atoms with Crippen molar-refractivity contribution in [3.05, 3.63) is 36.4 Å². The number of rotatable bonds is 14. The van der Waals surface area contributed by atoms with Crippen LogP contribution in [0.15, 0.2) is 51.1 Å². The summed E-state index contributed by atoms with van der Waals surface area (Å²) in [6.07, 6.45) is 10.4. The molecule has 4 rings (SSSR count). The maximum absolute atomic E-state index is 12.6. The zero-order valence-corrected chi connectivity index (χ0v) is 25.8. The highest BCUT2D eigenvalue weighted by atomic mass is 32.2. The number of carbonyl (C=O) groups is 1. The molecule has 1 fully saturated rings. The molecule has 0 aromatic heterocycles. The molecule has 40 heavy (non-hydrogen) atoms. The van der Waals surface area contributed by atoms with Gasteiger partial charge in [-0.2, -0.15) is 0 Å². The largest absolute Gasteiger partial charge is 0.497 e. The Bertz CT molecular complexity index is 1240. The molecule has 1 saturated heterocycles. The Morgan fingerprint density at radius 1 is 1.02 bits per heavy atom. The van der Waals surface area contributed by atoms with Crippen LogP contribution in [-0.4, -0.2) is 65.4 Å². The molecule has 0 amide bonds. The second-order valence-corrected chi connectivity index (χ2v) is 14.0. The minimum atomic E-state index is -3.35. The fourth-order valence-electron chi connectivity index (χ4n) is 5.57. The van der Waals surface area contributed by atoms with Crippen LogP contribution in [0.1, 0.15) is 64.7 Å². The predicted molar refractivity (Wildman–Crippen MR) is 162 cm³/mol. The van der Waals surface area contributed by atoms with Gasteiger partial charge in [0.05, 0.1) is 34.9 Å². The number of unbranched alkanes of at least 4 members (excludes halogenated alkanes) is 3. The zero-order chi connectivity index (χ0) is 28.5. The van der Waals surface area contributed by atoms with E-state index in [4.69, 9.17) is 9.47 Å². The number of anilines is 2. The standard InChI is InChI=1S/C31H44N2O5S2/c1-4-5-6-7-12-30(34)38-22-17-24-15-20-32(21-16-24)18-9-19-33-26-10-8-11-29(40(3,35)36)31(26)39-28-14-13-25(37-2)23-27(28)33/h8,10-11,13-14,23-24H,4-7,9,12,15-22H2,1-3H3. The SMILES string of the molecule is CCCCCCC(=O)OCCC1CCN(CCCN2c3cc(OC)ccc3Sc3c2cccc3S(C)(=O)=O)CC1. The van der Waals surface area contributed by atoms with Crippen molar-refractivity contribution in [1.29, 1.82) is 0 Å². The topological polar surface area (TPSA) is 76.2 Å². The van der Waals surface area contributed by atoms with E-state index in [0.717, 1.165) is 91.6 Å². The summed E-state index contributed by atoms with van der Waals surface area (Å²) in [6, 6.07) is 11.5. The van der Waals surface area contributed by atoms with Gasteiger partial charge in [-0.05, 0) is 81.9 Å². The molecule has 0 atom stereocenters. The minimum absolute atomic E-state index is 0.0472. The summed E-state index contributed by atoms with van der Waals surface area (Å²) < 4.78 is 36.1. The third-order valence-electron chi connectivity index (χ3n) is 7.90. The molecule has 0 aliphatic carbocycles.